The third kappa shape index (κ3) is 4.76. The van der Waals surface area contributed by atoms with E-state index in [1.165, 1.54) is 0 Å². The lowest BCUT2D eigenvalue weighted by atomic mass is 10.1. The van der Waals surface area contributed by atoms with Crippen LogP contribution in [0.2, 0.25) is 0 Å². The fourth-order valence-corrected chi connectivity index (χ4v) is 2.34. The number of aryl methyl sites for hydroxylation is 2. The number of ketones is 1. The van der Waals surface area contributed by atoms with E-state index in [1.807, 2.05) is 17.8 Å². The number of rotatable bonds is 7. The zero-order valence-electron chi connectivity index (χ0n) is 11.6. The van der Waals surface area contributed by atoms with E-state index in [1.54, 1.807) is 6.20 Å². The van der Waals surface area contributed by atoms with Gasteiger partial charge in [0.2, 0.25) is 0 Å². The summed E-state index contributed by atoms with van der Waals surface area (Å²) in [7, 11) is 1.90. The van der Waals surface area contributed by atoms with E-state index in [4.69, 9.17) is 4.74 Å². The summed E-state index contributed by atoms with van der Waals surface area (Å²) in [6, 6.07) is 1.96. The van der Waals surface area contributed by atoms with Crippen molar-refractivity contribution in [3.63, 3.8) is 0 Å². The van der Waals surface area contributed by atoms with Gasteiger partial charge in [0.25, 0.3) is 0 Å². The standard InChI is InChI=1S/C14H23N3O2/c1-17-12(4-10-16-17)2-3-13(18)7-11-19-14-5-8-15-9-6-14/h4,10,14-15H,2-3,5-9,11H2,1H3. The molecule has 19 heavy (non-hydrogen) atoms. The minimum absolute atomic E-state index is 0.273. The molecule has 0 bridgehead atoms. The molecule has 0 amide bonds. The van der Waals surface area contributed by atoms with Crippen molar-refractivity contribution in [1.29, 1.82) is 0 Å². The Bertz CT molecular complexity index is 397. The van der Waals surface area contributed by atoms with Crippen LogP contribution in [-0.4, -0.2) is 41.4 Å². The van der Waals surface area contributed by atoms with E-state index >= 15 is 0 Å². The summed E-state index contributed by atoms with van der Waals surface area (Å²) in [5.74, 6) is 0.273. The van der Waals surface area contributed by atoms with Gasteiger partial charge in [-0.3, -0.25) is 9.48 Å². The molecule has 0 atom stereocenters. The quantitative estimate of drug-likeness (QED) is 0.801. The van der Waals surface area contributed by atoms with Crippen LogP contribution in [-0.2, 0) is 23.0 Å². The average Bonchev–Trinajstić information content (AvgIpc) is 2.83. The van der Waals surface area contributed by atoms with Crippen LogP contribution in [0, 0.1) is 0 Å². The molecule has 0 spiro atoms. The van der Waals surface area contributed by atoms with Crippen LogP contribution in [0.1, 0.15) is 31.4 Å². The van der Waals surface area contributed by atoms with Crippen molar-refractivity contribution in [2.75, 3.05) is 19.7 Å². The second kappa shape index (κ2) is 7.40. The second-order valence-corrected chi connectivity index (χ2v) is 5.05. The Labute approximate surface area is 114 Å². The molecular weight excluding hydrogens is 242 g/mol. The number of piperidine rings is 1. The maximum absolute atomic E-state index is 11.8. The summed E-state index contributed by atoms with van der Waals surface area (Å²) in [5.41, 5.74) is 1.10. The molecule has 0 radical (unpaired) electrons. The van der Waals surface area contributed by atoms with Gasteiger partial charge in [-0.15, -0.1) is 0 Å². The van der Waals surface area contributed by atoms with Gasteiger partial charge >= 0.3 is 0 Å². The number of nitrogens with zero attached hydrogens (tertiary/aromatic N) is 2. The smallest absolute Gasteiger partial charge is 0.135 e. The van der Waals surface area contributed by atoms with E-state index in [9.17, 15) is 4.79 Å². The molecule has 1 aliphatic heterocycles. The average molecular weight is 265 g/mol. The lowest BCUT2D eigenvalue weighted by molar-refractivity contribution is -0.120. The highest BCUT2D eigenvalue weighted by Crippen LogP contribution is 2.08. The van der Waals surface area contributed by atoms with Gasteiger partial charge in [0.1, 0.15) is 5.78 Å². The number of carbonyl (C=O) groups excluding carboxylic acids is 1. The van der Waals surface area contributed by atoms with Gasteiger partial charge in [0, 0.05) is 31.8 Å². The minimum Gasteiger partial charge on any atom is -0.378 e. The zero-order valence-corrected chi connectivity index (χ0v) is 11.6. The lowest BCUT2D eigenvalue weighted by Crippen LogP contribution is -2.32. The van der Waals surface area contributed by atoms with Gasteiger partial charge in [-0.05, 0) is 38.4 Å². The number of hydrogen-bond donors (Lipinski definition) is 1. The van der Waals surface area contributed by atoms with Crippen molar-refractivity contribution in [3.8, 4) is 0 Å². The van der Waals surface area contributed by atoms with E-state index < -0.39 is 0 Å². The van der Waals surface area contributed by atoms with E-state index in [0.717, 1.165) is 38.0 Å². The predicted molar refractivity (Wildman–Crippen MR) is 73.0 cm³/mol. The molecule has 5 heteroatoms. The summed E-state index contributed by atoms with van der Waals surface area (Å²) in [4.78, 5) is 11.8. The maximum Gasteiger partial charge on any atom is 0.135 e. The molecule has 0 aromatic carbocycles. The Hall–Kier alpha value is -1.20. The zero-order chi connectivity index (χ0) is 13.5. The first-order chi connectivity index (χ1) is 9.25. The fraction of sp³-hybridized carbons (Fsp3) is 0.714. The molecule has 1 fully saturated rings. The number of hydrogen-bond acceptors (Lipinski definition) is 4. The van der Waals surface area contributed by atoms with Crippen LogP contribution in [0.4, 0.5) is 0 Å². The van der Waals surface area contributed by atoms with Gasteiger partial charge < -0.3 is 10.1 Å². The van der Waals surface area contributed by atoms with Crippen LogP contribution in [0.5, 0.6) is 0 Å². The molecule has 2 rings (SSSR count). The normalized spacial score (nSPS) is 16.7. The summed E-state index contributed by atoms with van der Waals surface area (Å²) in [6.07, 6.45) is 6.09. The van der Waals surface area contributed by atoms with E-state index in [-0.39, 0.29) is 5.78 Å². The molecule has 1 saturated heterocycles. The number of carbonyl (C=O) groups is 1. The Morgan fingerprint density at radius 1 is 1.47 bits per heavy atom. The first kappa shape index (κ1) is 14.2. The maximum atomic E-state index is 11.8. The SMILES string of the molecule is Cn1nccc1CCC(=O)CCOC1CCNCC1. The van der Waals surface area contributed by atoms with Crippen LogP contribution < -0.4 is 5.32 Å². The Balaban J connectivity index is 1.58. The molecule has 1 aromatic heterocycles. The van der Waals surface area contributed by atoms with Crippen LogP contribution in [0.3, 0.4) is 0 Å². The number of nitrogens with one attached hydrogen (secondary N) is 1. The highest BCUT2D eigenvalue weighted by atomic mass is 16.5. The third-order valence-corrected chi connectivity index (χ3v) is 3.60. The number of ether oxygens (including phenoxy) is 1. The van der Waals surface area contributed by atoms with Gasteiger partial charge in [-0.2, -0.15) is 5.10 Å². The lowest BCUT2D eigenvalue weighted by Gasteiger charge is -2.22. The molecule has 0 unspecified atom stereocenters. The summed E-state index contributed by atoms with van der Waals surface area (Å²) < 4.78 is 7.55. The van der Waals surface area contributed by atoms with Crippen molar-refractivity contribution < 1.29 is 9.53 Å². The number of aromatic nitrogens is 2. The molecule has 106 valence electrons. The topological polar surface area (TPSA) is 56.2 Å². The van der Waals surface area contributed by atoms with Crippen molar-refractivity contribution >= 4 is 5.78 Å². The van der Waals surface area contributed by atoms with Crippen molar-refractivity contribution in [1.82, 2.24) is 15.1 Å². The van der Waals surface area contributed by atoms with Gasteiger partial charge in [-0.25, -0.2) is 0 Å². The van der Waals surface area contributed by atoms with Crippen molar-refractivity contribution in [2.45, 2.75) is 38.2 Å². The monoisotopic (exact) mass is 265 g/mol. The van der Waals surface area contributed by atoms with Crippen molar-refractivity contribution in [2.24, 2.45) is 7.05 Å². The first-order valence-corrected chi connectivity index (χ1v) is 7.06. The third-order valence-electron chi connectivity index (χ3n) is 3.60. The Morgan fingerprint density at radius 3 is 2.95 bits per heavy atom. The minimum atomic E-state index is 0.273. The summed E-state index contributed by atoms with van der Waals surface area (Å²) >= 11 is 0. The van der Waals surface area contributed by atoms with Crippen LogP contribution >= 0.6 is 0 Å². The van der Waals surface area contributed by atoms with Crippen molar-refractivity contribution in [3.05, 3.63) is 18.0 Å². The molecule has 2 heterocycles. The highest BCUT2D eigenvalue weighted by Gasteiger charge is 2.13. The Kier molecular flexibility index (Phi) is 5.54. The molecule has 5 nitrogen and oxygen atoms in total. The van der Waals surface area contributed by atoms with Crippen LogP contribution in [0.25, 0.3) is 0 Å². The molecule has 1 aromatic rings. The summed E-state index contributed by atoms with van der Waals surface area (Å²) in [5, 5.41) is 7.39. The van der Waals surface area contributed by atoms with Gasteiger partial charge in [0.05, 0.1) is 12.7 Å². The largest absolute Gasteiger partial charge is 0.378 e. The van der Waals surface area contributed by atoms with Gasteiger partial charge in [0.15, 0.2) is 0 Å². The summed E-state index contributed by atoms with van der Waals surface area (Å²) in [6.45, 7) is 2.62. The molecule has 0 saturated carbocycles. The van der Waals surface area contributed by atoms with Crippen LogP contribution in [0.15, 0.2) is 12.3 Å². The fourth-order valence-electron chi connectivity index (χ4n) is 2.34. The molecule has 0 aliphatic carbocycles. The number of Topliss-reactive ketones (excluding diaryl/α,β-unsaturated/α-hetero) is 1. The van der Waals surface area contributed by atoms with E-state index in [2.05, 4.69) is 10.4 Å². The predicted octanol–water partition coefficient (Wildman–Crippen LogP) is 1.08. The van der Waals surface area contributed by atoms with Gasteiger partial charge in [-0.1, -0.05) is 0 Å². The Morgan fingerprint density at radius 2 is 2.26 bits per heavy atom. The second-order valence-electron chi connectivity index (χ2n) is 5.05. The molecule has 1 N–H and O–H groups in total. The first-order valence-electron chi connectivity index (χ1n) is 7.06. The molecular formula is C14H23N3O2. The van der Waals surface area contributed by atoms with E-state index in [0.29, 0.717) is 25.6 Å². The molecule has 1 aliphatic rings. The highest BCUT2D eigenvalue weighted by molar-refractivity contribution is 5.78.